The molecule has 0 nitrogen and oxygen atoms in total. The van der Waals surface area contributed by atoms with Crippen LogP contribution in [0.5, 0.6) is 0 Å². The lowest BCUT2D eigenvalue weighted by Gasteiger charge is -2.16. The van der Waals surface area contributed by atoms with Gasteiger partial charge in [-0.3, -0.25) is 0 Å². The van der Waals surface area contributed by atoms with E-state index in [1.807, 2.05) is 0 Å². The van der Waals surface area contributed by atoms with Gasteiger partial charge < -0.3 is 0 Å². The molecule has 1 rings (SSSR count). The van der Waals surface area contributed by atoms with E-state index in [1.165, 1.54) is 9.13 Å². The highest BCUT2D eigenvalue weighted by Crippen LogP contribution is 2.19. The number of hydrogen-bond acceptors (Lipinski definition) is 0. The molecule has 14 heavy (non-hydrogen) atoms. The third kappa shape index (κ3) is 3.77. The van der Waals surface area contributed by atoms with Gasteiger partial charge in [0.2, 0.25) is 0 Å². The van der Waals surface area contributed by atoms with Gasteiger partial charge in [0.1, 0.15) is 0 Å². The van der Waals surface area contributed by atoms with Crippen LogP contribution in [0.4, 0.5) is 0 Å². The second-order valence-electron chi connectivity index (χ2n) is 3.73. The monoisotopic (exact) mass is 322 g/mol. The van der Waals surface area contributed by atoms with Crippen molar-refractivity contribution in [1.29, 1.82) is 0 Å². The fourth-order valence-electron chi connectivity index (χ4n) is 1.52. The molecule has 0 aliphatic carbocycles. The Labute approximate surface area is 105 Å². The summed E-state index contributed by atoms with van der Waals surface area (Å²) >= 11 is 8.52. The van der Waals surface area contributed by atoms with Crippen molar-refractivity contribution in [2.24, 2.45) is 5.92 Å². The van der Waals surface area contributed by atoms with Crippen LogP contribution in [0.15, 0.2) is 24.3 Å². The molecular weight excluding hydrogens is 306 g/mol. The first-order valence-corrected chi connectivity index (χ1v) is 6.53. The molecule has 0 aromatic heterocycles. The van der Waals surface area contributed by atoms with E-state index in [0.29, 0.717) is 11.3 Å². The summed E-state index contributed by atoms with van der Waals surface area (Å²) in [7, 11) is 0. The Balaban J connectivity index is 2.56. The van der Waals surface area contributed by atoms with Crippen LogP contribution in [-0.2, 0) is 6.42 Å². The molecule has 0 spiro atoms. The van der Waals surface area contributed by atoms with Gasteiger partial charge in [-0.05, 0) is 59.0 Å². The zero-order valence-electron chi connectivity index (χ0n) is 8.63. The van der Waals surface area contributed by atoms with Gasteiger partial charge in [-0.2, -0.15) is 0 Å². The van der Waals surface area contributed by atoms with Crippen LogP contribution in [0.1, 0.15) is 25.8 Å². The number of alkyl halides is 1. The van der Waals surface area contributed by atoms with E-state index in [-0.39, 0.29) is 0 Å². The largest absolute Gasteiger partial charge is 0.123 e. The quantitative estimate of drug-likeness (QED) is 0.566. The first-order valence-electron chi connectivity index (χ1n) is 5.02. The molecule has 0 saturated carbocycles. The molecule has 2 unspecified atom stereocenters. The van der Waals surface area contributed by atoms with E-state index in [1.54, 1.807) is 0 Å². The van der Waals surface area contributed by atoms with Crippen molar-refractivity contribution in [3.8, 4) is 0 Å². The van der Waals surface area contributed by atoms with Crippen molar-refractivity contribution >= 4 is 34.2 Å². The molecule has 1 aromatic rings. The topological polar surface area (TPSA) is 0 Å². The standard InChI is InChI=1S/C12H16ClI/c1-3-12(13)9(2)8-10-4-6-11(14)7-5-10/h4-7,9,12H,3,8H2,1-2H3. The summed E-state index contributed by atoms with van der Waals surface area (Å²) in [6.45, 7) is 4.36. The zero-order valence-corrected chi connectivity index (χ0v) is 11.5. The zero-order chi connectivity index (χ0) is 10.6. The lowest BCUT2D eigenvalue weighted by molar-refractivity contribution is 0.531. The van der Waals surface area contributed by atoms with E-state index < -0.39 is 0 Å². The van der Waals surface area contributed by atoms with Gasteiger partial charge >= 0.3 is 0 Å². The van der Waals surface area contributed by atoms with Crippen LogP contribution in [0.3, 0.4) is 0 Å². The van der Waals surface area contributed by atoms with E-state index in [0.717, 1.165) is 12.8 Å². The summed E-state index contributed by atoms with van der Waals surface area (Å²) < 4.78 is 1.29. The van der Waals surface area contributed by atoms with Gasteiger partial charge in [0.05, 0.1) is 0 Å². The maximum atomic E-state index is 6.20. The lowest BCUT2D eigenvalue weighted by Crippen LogP contribution is -2.12. The van der Waals surface area contributed by atoms with Gasteiger partial charge in [0, 0.05) is 8.95 Å². The maximum Gasteiger partial charge on any atom is 0.0362 e. The third-order valence-corrected chi connectivity index (χ3v) is 3.94. The molecule has 0 aliphatic rings. The lowest BCUT2D eigenvalue weighted by atomic mass is 9.97. The Kier molecular flexibility index (Phi) is 5.24. The molecule has 0 radical (unpaired) electrons. The molecule has 0 bridgehead atoms. The molecule has 78 valence electrons. The molecule has 2 heteroatoms. The van der Waals surface area contributed by atoms with Crippen LogP contribution in [0, 0.1) is 9.49 Å². The van der Waals surface area contributed by atoms with Crippen molar-refractivity contribution in [3.05, 3.63) is 33.4 Å². The van der Waals surface area contributed by atoms with Crippen molar-refractivity contribution in [1.82, 2.24) is 0 Å². The summed E-state index contributed by atoms with van der Waals surface area (Å²) in [5, 5.41) is 0.300. The van der Waals surface area contributed by atoms with E-state index in [9.17, 15) is 0 Å². The van der Waals surface area contributed by atoms with Crippen LogP contribution in [0.2, 0.25) is 0 Å². The third-order valence-electron chi connectivity index (χ3n) is 2.48. The fraction of sp³-hybridized carbons (Fsp3) is 0.500. The Hall–Kier alpha value is 0.240. The first kappa shape index (κ1) is 12.3. The van der Waals surface area contributed by atoms with E-state index >= 15 is 0 Å². The second-order valence-corrected chi connectivity index (χ2v) is 5.54. The predicted molar refractivity (Wildman–Crippen MR) is 72.0 cm³/mol. The Bertz CT molecular complexity index is 268. The van der Waals surface area contributed by atoms with Gasteiger partial charge in [0.25, 0.3) is 0 Å². The van der Waals surface area contributed by atoms with Crippen molar-refractivity contribution in [3.63, 3.8) is 0 Å². The summed E-state index contributed by atoms with van der Waals surface area (Å²) in [5.41, 5.74) is 1.39. The highest BCUT2D eigenvalue weighted by atomic mass is 127. The van der Waals surface area contributed by atoms with Crippen LogP contribution in [-0.4, -0.2) is 5.38 Å². The van der Waals surface area contributed by atoms with Gasteiger partial charge in [-0.1, -0.05) is 26.0 Å². The molecule has 0 amide bonds. The van der Waals surface area contributed by atoms with Gasteiger partial charge in [-0.25, -0.2) is 0 Å². The van der Waals surface area contributed by atoms with Crippen molar-refractivity contribution < 1.29 is 0 Å². The summed E-state index contributed by atoms with van der Waals surface area (Å²) in [5.74, 6) is 0.557. The Morgan fingerprint density at radius 1 is 1.29 bits per heavy atom. The Morgan fingerprint density at radius 2 is 1.86 bits per heavy atom. The smallest absolute Gasteiger partial charge is 0.0362 e. The highest BCUT2D eigenvalue weighted by Gasteiger charge is 2.12. The molecule has 0 fully saturated rings. The average molecular weight is 323 g/mol. The summed E-state index contributed by atoms with van der Waals surface area (Å²) in [6, 6.07) is 8.69. The van der Waals surface area contributed by atoms with E-state index in [4.69, 9.17) is 11.6 Å². The SMILES string of the molecule is CCC(Cl)C(C)Cc1ccc(I)cc1. The van der Waals surface area contributed by atoms with Crippen molar-refractivity contribution in [2.45, 2.75) is 32.1 Å². The Morgan fingerprint density at radius 3 is 2.36 bits per heavy atom. The van der Waals surface area contributed by atoms with Crippen LogP contribution < -0.4 is 0 Å². The number of halogens is 2. The minimum Gasteiger partial charge on any atom is -0.123 e. The number of benzene rings is 1. The summed E-state index contributed by atoms with van der Waals surface area (Å²) in [6.07, 6.45) is 2.13. The molecule has 0 aliphatic heterocycles. The molecular formula is C12H16ClI. The number of hydrogen-bond donors (Lipinski definition) is 0. The number of rotatable bonds is 4. The molecule has 0 heterocycles. The van der Waals surface area contributed by atoms with Crippen LogP contribution in [0.25, 0.3) is 0 Å². The molecule has 0 N–H and O–H groups in total. The van der Waals surface area contributed by atoms with Gasteiger partial charge in [0.15, 0.2) is 0 Å². The second kappa shape index (κ2) is 5.96. The minimum absolute atomic E-state index is 0.300. The van der Waals surface area contributed by atoms with Gasteiger partial charge in [-0.15, -0.1) is 11.6 Å². The summed E-state index contributed by atoms with van der Waals surface area (Å²) in [4.78, 5) is 0. The average Bonchev–Trinajstić information content (AvgIpc) is 2.20. The molecule has 2 atom stereocenters. The fourth-order valence-corrected chi connectivity index (χ4v) is 1.97. The first-order chi connectivity index (χ1) is 6.63. The molecule has 1 aromatic carbocycles. The normalized spacial score (nSPS) is 15.1. The maximum absolute atomic E-state index is 6.20. The molecule has 0 saturated heterocycles. The van der Waals surface area contributed by atoms with Crippen molar-refractivity contribution in [2.75, 3.05) is 0 Å². The highest BCUT2D eigenvalue weighted by molar-refractivity contribution is 14.1. The van der Waals surface area contributed by atoms with Crippen LogP contribution >= 0.6 is 34.2 Å². The van der Waals surface area contributed by atoms with E-state index in [2.05, 4.69) is 60.7 Å². The predicted octanol–water partition coefficient (Wildman–Crippen LogP) is 4.49. The minimum atomic E-state index is 0.300.